The topological polar surface area (TPSA) is 35.6 Å². The van der Waals surface area contributed by atoms with Gasteiger partial charge in [0.15, 0.2) is 5.65 Å². The molecule has 0 bridgehead atoms. The van der Waals surface area contributed by atoms with Gasteiger partial charge in [0.2, 0.25) is 0 Å². The summed E-state index contributed by atoms with van der Waals surface area (Å²) in [4.78, 5) is 4.76. The normalized spacial score (nSPS) is 20.8. The lowest BCUT2D eigenvalue weighted by Gasteiger charge is -2.17. The number of halogens is 1. The lowest BCUT2D eigenvalue weighted by Crippen LogP contribution is -2.17. The van der Waals surface area contributed by atoms with Crippen molar-refractivity contribution in [3.8, 4) is 0 Å². The fraction of sp³-hybridized carbons (Fsp3) is 0.733. The van der Waals surface area contributed by atoms with E-state index in [9.17, 15) is 0 Å². The molecule has 20 heavy (non-hydrogen) atoms. The molecule has 2 aromatic heterocycles. The van der Waals surface area contributed by atoms with Crippen molar-refractivity contribution in [2.24, 2.45) is 18.4 Å². The molecule has 0 amide bonds. The van der Waals surface area contributed by atoms with Gasteiger partial charge in [-0.2, -0.15) is 5.10 Å². The average molecular weight is 293 g/mol. The van der Waals surface area contributed by atoms with Gasteiger partial charge >= 0.3 is 0 Å². The van der Waals surface area contributed by atoms with E-state index in [1.54, 1.807) is 0 Å². The van der Waals surface area contributed by atoms with Crippen molar-refractivity contribution in [2.75, 3.05) is 0 Å². The molecule has 4 nitrogen and oxygen atoms in total. The van der Waals surface area contributed by atoms with E-state index in [0.29, 0.717) is 11.3 Å². The smallest absolute Gasteiger partial charge is 0.158 e. The summed E-state index contributed by atoms with van der Waals surface area (Å²) in [5, 5.41) is 4.61. The number of rotatable bonds is 5. The molecule has 2 aliphatic rings. The fourth-order valence-electron chi connectivity index (χ4n) is 3.66. The van der Waals surface area contributed by atoms with Crippen LogP contribution in [0.4, 0.5) is 0 Å². The summed E-state index contributed by atoms with van der Waals surface area (Å²) in [6, 6.07) is 0. The molecule has 0 spiro atoms. The summed E-state index contributed by atoms with van der Waals surface area (Å²) in [7, 11) is 2.02. The van der Waals surface area contributed by atoms with Crippen LogP contribution in [0.1, 0.15) is 44.1 Å². The van der Waals surface area contributed by atoms with Gasteiger partial charge in [0.05, 0.1) is 11.6 Å². The van der Waals surface area contributed by atoms with Gasteiger partial charge in [0.25, 0.3) is 0 Å². The molecule has 0 radical (unpaired) electrons. The zero-order chi connectivity index (χ0) is 13.9. The second-order valence-corrected chi connectivity index (χ2v) is 6.75. The van der Waals surface area contributed by atoms with Crippen LogP contribution in [0.2, 0.25) is 0 Å². The Morgan fingerprint density at radius 2 is 2.10 bits per heavy atom. The summed E-state index contributed by atoms with van der Waals surface area (Å²) in [5.41, 5.74) is 3.84. The number of aryl methyl sites for hydroxylation is 2. The van der Waals surface area contributed by atoms with Crippen LogP contribution in [0.25, 0.3) is 11.2 Å². The van der Waals surface area contributed by atoms with Crippen molar-refractivity contribution < 1.29 is 0 Å². The minimum Gasteiger partial charge on any atom is -0.311 e. The van der Waals surface area contributed by atoms with E-state index in [-0.39, 0.29) is 0 Å². The second kappa shape index (κ2) is 4.23. The largest absolute Gasteiger partial charge is 0.311 e. The van der Waals surface area contributed by atoms with Crippen LogP contribution >= 0.6 is 11.6 Å². The standard InChI is InChI=1S/C15H21ClN4/c1-3-11-13-14(19(2)18-11)20(12(8-16)17-13)9-15(6-7-15)10-4-5-10/h10H,3-9H2,1-2H3. The molecule has 4 rings (SSSR count). The zero-order valence-corrected chi connectivity index (χ0v) is 12.9. The lowest BCUT2D eigenvalue weighted by atomic mass is 10.0. The summed E-state index contributed by atoms with van der Waals surface area (Å²) in [6.45, 7) is 3.21. The molecule has 108 valence electrons. The summed E-state index contributed by atoms with van der Waals surface area (Å²) < 4.78 is 4.33. The molecule has 0 N–H and O–H groups in total. The molecule has 2 heterocycles. The monoisotopic (exact) mass is 292 g/mol. The third-order valence-corrected chi connectivity index (χ3v) is 5.37. The van der Waals surface area contributed by atoms with Crippen LogP contribution in [0.5, 0.6) is 0 Å². The maximum atomic E-state index is 6.14. The third kappa shape index (κ3) is 1.73. The van der Waals surface area contributed by atoms with Gasteiger partial charge in [-0.3, -0.25) is 4.68 Å². The number of nitrogens with zero attached hydrogens (tertiary/aromatic N) is 4. The van der Waals surface area contributed by atoms with Gasteiger partial charge < -0.3 is 4.57 Å². The van der Waals surface area contributed by atoms with E-state index < -0.39 is 0 Å². The molecule has 2 aromatic rings. The first-order valence-electron chi connectivity index (χ1n) is 7.65. The lowest BCUT2D eigenvalue weighted by molar-refractivity contribution is 0.368. The Kier molecular flexibility index (Phi) is 2.69. The highest BCUT2D eigenvalue weighted by Crippen LogP contribution is 2.62. The van der Waals surface area contributed by atoms with Crippen molar-refractivity contribution in [1.82, 2.24) is 19.3 Å². The molecule has 5 heteroatoms. The summed E-state index contributed by atoms with van der Waals surface area (Å²) in [5.74, 6) is 2.44. The van der Waals surface area contributed by atoms with E-state index in [2.05, 4.69) is 16.6 Å². The van der Waals surface area contributed by atoms with Crippen LogP contribution in [0.15, 0.2) is 0 Å². The second-order valence-electron chi connectivity index (χ2n) is 6.48. The minimum absolute atomic E-state index is 0.485. The van der Waals surface area contributed by atoms with Crippen molar-refractivity contribution in [2.45, 2.75) is 51.5 Å². The average Bonchev–Trinajstić information content (AvgIpc) is 3.33. The molecule has 0 aromatic carbocycles. The van der Waals surface area contributed by atoms with Crippen LogP contribution < -0.4 is 0 Å². The Bertz CT molecular complexity index is 661. The highest BCUT2D eigenvalue weighted by molar-refractivity contribution is 6.16. The molecule has 2 fully saturated rings. The third-order valence-electron chi connectivity index (χ3n) is 5.13. The predicted octanol–water partition coefficient (Wildman–Crippen LogP) is 3.26. The van der Waals surface area contributed by atoms with Crippen LogP contribution in [0, 0.1) is 11.3 Å². The van der Waals surface area contributed by atoms with Crippen LogP contribution in [0.3, 0.4) is 0 Å². The maximum absolute atomic E-state index is 6.14. The number of aromatic nitrogens is 4. The Morgan fingerprint density at radius 3 is 2.65 bits per heavy atom. The Labute approximate surface area is 124 Å². The number of hydrogen-bond donors (Lipinski definition) is 0. The maximum Gasteiger partial charge on any atom is 0.158 e. The molecule has 0 aliphatic heterocycles. The Morgan fingerprint density at radius 1 is 1.35 bits per heavy atom. The van der Waals surface area contributed by atoms with Gasteiger partial charge in [0.1, 0.15) is 11.3 Å². The van der Waals surface area contributed by atoms with Gasteiger partial charge in [-0.05, 0) is 43.4 Å². The van der Waals surface area contributed by atoms with E-state index in [4.69, 9.17) is 16.6 Å². The summed E-state index contributed by atoms with van der Waals surface area (Å²) in [6.07, 6.45) is 6.50. The first-order valence-corrected chi connectivity index (χ1v) is 8.19. The van der Waals surface area contributed by atoms with Crippen molar-refractivity contribution in [1.29, 1.82) is 0 Å². The van der Waals surface area contributed by atoms with E-state index in [1.807, 2.05) is 11.7 Å². The number of hydrogen-bond acceptors (Lipinski definition) is 2. The van der Waals surface area contributed by atoms with Gasteiger partial charge in [-0.25, -0.2) is 4.98 Å². The van der Waals surface area contributed by atoms with Gasteiger partial charge in [-0.15, -0.1) is 11.6 Å². The van der Waals surface area contributed by atoms with Crippen LogP contribution in [-0.4, -0.2) is 19.3 Å². The Balaban J connectivity index is 1.82. The number of fused-ring (bicyclic) bond motifs is 1. The van der Waals surface area contributed by atoms with Gasteiger partial charge in [0, 0.05) is 13.6 Å². The van der Waals surface area contributed by atoms with E-state index in [1.165, 1.54) is 25.7 Å². The molecule has 2 aliphatic carbocycles. The fourth-order valence-corrected chi connectivity index (χ4v) is 3.86. The Hall–Kier alpha value is -1.03. The van der Waals surface area contributed by atoms with Gasteiger partial charge in [-0.1, -0.05) is 6.92 Å². The van der Waals surface area contributed by atoms with Crippen molar-refractivity contribution in [3.63, 3.8) is 0 Å². The predicted molar refractivity (Wildman–Crippen MR) is 79.8 cm³/mol. The molecule has 0 saturated heterocycles. The first-order chi connectivity index (χ1) is 9.68. The van der Waals surface area contributed by atoms with Crippen LogP contribution in [-0.2, 0) is 25.9 Å². The van der Waals surface area contributed by atoms with Crippen molar-refractivity contribution >= 4 is 22.8 Å². The summed E-state index contributed by atoms with van der Waals surface area (Å²) >= 11 is 6.14. The SMILES string of the molecule is CCc1nn(C)c2c1nc(CCl)n2CC1(C2CC2)CC1. The van der Waals surface area contributed by atoms with E-state index >= 15 is 0 Å². The highest BCUT2D eigenvalue weighted by Gasteiger charge is 2.54. The highest BCUT2D eigenvalue weighted by atomic mass is 35.5. The molecule has 0 unspecified atom stereocenters. The first kappa shape index (κ1) is 12.7. The molecular weight excluding hydrogens is 272 g/mol. The molecule has 0 atom stereocenters. The quantitative estimate of drug-likeness (QED) is 0.793. The number of alkyl halides is 1. The van der Waals surface area contributed by atoms with E-state index in [0.717, 1.165) is 41.6 Å². The van der Waals surface area contributed by atoms with Crippen molar-refractivity contribution in [3.05, 3.63) is 11.5 Å². The number of imidazole rings is 1. The molecule has 2 saturated carbocycles. The minimum atomic E-state index is 0.485. The molecular formula is C15H21ClN4. The zero-order valence-electron chi connectivity index (χ0n) is 12.2.